The number of thioether (sulfide) groups is 1. The van der Waals surface area contributed by atoms with E-state index in [1.165, 1.54) is 0 Å². The molecule has 6 nitrogen and oxygen atoms in total. The molecule has 1 saturated heterocycles. The minimum Gasteiger partial charge on any atom is -0.496 e. The fourth-order valence-corrected chi connectivity index (χ4v) is 4.36. The van der Waals surface area contributed by atoms with Crippen LogP contribution in [0.25, 0.3) is 6.08 Å². The molecule has 8 heteroatoms. The molecule has 0 aliphatic carbocycles. The molecule has 2 aromatic rings. The third-order valence-corrected chi connectivity index (χ3v) is 6.07. The number of carbonyl (C=O) groups is 3. The molecule has 0 aromatic heterocycles. The molecular weight excluding hydrogens is 503 g/mol. The van der Waals surface area contributed by atoms with E-state index >= 15 is 0 Å². The molecule has 1 fully saturated rings. The van der Waals surface area contributed by atoms with Gasteiger partial charge in [-0.2, -0.15) is 0 Å². The maximum Gasteiger partial charge on any atom is 0.294 e. The first-order chi connectivity index (χ1) is 13.8. The van der Waals surface area contributed by atoms with Gasteiger partial charge in [-0.3, -0.25) is 19.3 Å². The Morgan fingerprint density at radius 2 is 1.97 bits per heavy atom. The predicted molar refractivity (Wildman–Crippen MR) is 123 cm³/mol. The van der Waals surface area contributed by atoms with E-state index in [1.807, 2.05) is 44.2 Å². The van der Waals surface area contributed by atoms with E-state index in [0.29, 0.717) is 5.69 Å². The first-order valence-electron chi connectivity index (χ1n) is 8.74. The Kier molecular flexibility index (Phi) is 6.63. The van der Waals surface area contributed by atoms with E-state index in [0.717, 1.165) is 42.7 Å². The van der Waals surface area contributed by atoms with Crippen LogP contribution in [0.4, 0.5) is 10.5 Å². The molecule has 29 heavy (non-hydrogen) atoms. The van der Waals surface area contributed by atoms with Gasteiger partial charge in [0.2, 0.25) is 5.91 Å². The molecule has 0 bridgehead atoms. The number of anilines is 1. The maximum atomic E-state index is 12.6. The van der Waals surface area contributed by atoms with Gasteiger partial charge >= 0.3 is 0 Å². The minimum absolute atomic E-state index is 0.288. The van der Waals surface area contributed by atoms with E-state index < -0.39 is 17.1 Å². The fourth-order valence-electron chi connectivity index (χ4n) is 2.76. The maximum absolute atomic E-state index is 12.6. The second-order valence-corrected chi connectivity index (χ2v) is 8.68. The van der Waals surface area contributed by atoms with Crippen molar-refractivity contribution in [3.05, 3.63) is 61.6 Å². The molecule has 0 spiro atoms. The Balaban J connectivity index is 1.72. The zero-order valence-electron chi connectivity index (χ0n) is 16.1. The van der Waals surface area contributed by atoms with Gasteiger partial charge < -0.3 is 10.1 Å². The van der Waals surface area contributed by atoms with Crippen LogP contribution in [-0.2, 0) is 9.59 Å². The lowest BCUT2D eigenvalue weighted by Crippen LogP contribution is -2.36. The van der Waals surface area contributed by atoms with Crippen molar-refractivity contribution in [2.75, 3.05) is 19.0 Å². The summed E-state index contributed by atoms with van der Waals surface area (Å²) in [7, 11) is 1.59. The summed E-state index contributed by atoms with van der Waals surface area (Å²) in [5.74, 6) is -0.151. The molecule has 3 rings (SSSR count). The SMILES string of the molecule is COc1ccc(/C=C2\SC(=O)N(CC(=O)Nc3cc(C)ccc3C)C2=O)cc1I. The van der Waals surface area contributed by atoms with Crippen molar-refractivity contribution in [2.45, 2.75) is 13.8 Å². The Bertz CT molecular complexity index is 1040. The summed E-state index contributed by atoms with van der Waals surface area (Å²) >= 11 is 2.97. The lowest BCUT2D eigenvalue weighted by atomic mass is 10.1. The third kappa shape index (κ3) is 4.99. The highest BCUT2D eigenvalue weighted by molar-refractivity contribution is 14.1. The van der Waals surface area contributed by atoms with Crippen LogP contribution in [0.3, 0.4) is 0 Å². The Morgan fingerprint density at radius 3 is 2.66 bits per heavy atom. The second kappa shape index (κ2) is 9.00. The zero-order valence-corrected chi connectivity index (χ0v) is 19.1. The summed E-state index contributed by atoms with van der Waals surface area (Å²) in [4.78, 5) is 38.6. The molecule has 0 atom stereocenters. The van der Waals surface area contributed by atoms with Crippen LogP contribution in [0.1, 0.15) is 16.7 Å². The smallest absolute Gasteiger partial charge is 0.294 e. The number of carbonyl (C=O) groups excluding carboxylic acids is 3. The van der Waals surface area contributed by atoms with E-state index in [-0.39, 0.29) is 11.4 Å². The highest BCUT2D eigenvalue weighted by Gasteiger charge is 2.36. The van der Waals surface area contributed by atoms with E-state index in [9.17, 15) is 14.4 Å². The lowest BCUT2D eigenvalue weighted by Gasteiger charge is -2.14. The summed E-state index contributed by atoms with van der Waals surface area (Å²) in [6.07, 6.45) is 1.65. The molecule has 0 unspecified atom stereocenters. The number of amides is 3. The molecule has 1 aliphatic rings. The second-order valence-electron chi connectivity index (χ2n) is 6.53. The number of hydrogen-bond donors (Lipinski definition) is 1. The fraction of sp³-hybridized carbons (Fsp3) is 0.190. The van der Waals surface area contributed by atoms with Crippen molar-refractivity contribution in [1.29, 1.82) is 0 Å². The summed E-state index contributed by atoms with van der Waals surface area (Å²) in [5.41, 5.74) is 3.37. The van der Waals surface area contributed by atoms with Gasteiger partial charge in [-0.25, -0.2) is 0 Å². The highest BCUT2D eigenvalue weighted by atomic mass is 127. The number of rotatable bonds is 5. The number of aryl methyl sites for hydroxylation is 2. The van der Waals surface area contributed by atoms with Crippen LogP contribution in [0.2, 0.25) is 0 Å². The van der Waals surface area contributed by atoms with Crippen LogP contribution < -0.4 is 10.1 Å². The molecular formula is C21H19IN2O4S. The van der Waals surface area contributed by atoms with Crippen molar-refractivity contribution in [1.82, 2.24) is 4.90 Å². The van der Waals surface area contributed by atoms with E-state index in [4.69, 9.17) is 4.74 Å². The van der Waals surface area contributed by atoms with Crippen molar-refractivity contribution < 1.29 is 19.1 Å². The summed E-state index contributed by atoms with van der Waals surface area (Å²) in [5, 5.41) is 2.32. The Labute approximate surface area is 186 Å². The average molecular weight is 522 g/mol. The number of imide groups is 1. The lowest BCUT2D eigenvalue weighted by molar-refractivity contribution is -0.127. The number of benzene rings is 2. The van der Waals surface area contributed by atoms with Gasteiger partial charge in [0.1, 0.15) is 12.3 Å². The van der Waals surface area contributed by atoms with Crippen LogP contribution in [0.15, 0.2) is 41.3 Å². The van der Waals surface area contributed by atoms with Gasteiger partial charge in [0.25, 0.3) is 11.1 Å². The van der Waals surface area contributed by atoms with Crippen LogP contribution in [0.5, 0.6) is 5.75 Å². The van der Waals surface area contributed by atoms with Crippen LogP contribution in [0, 0.1) is 17.4 Å². The zero-order chi connectivity index (χ0) is 21.1. The largest absolute Gasteiger partial charge is 0.496 e. The first kappa shape index (κ1) is 21.4. The van der Waals surface area contributed by atoms with Crippen LogP contribution in [-0.4, -0.2) is 35.6 Å². The van der Waals surface area contributed by atoms with Crippen molar-refractivity contribution in [3.8, 4) is 5.75 Å². The number of ether oxygens (including phenoxy) is 1. The molecule has 1 N–H and O–H groups in total. The number of hydrogen-bond acceptors (Lipinski definition) is 5. The minimum atomic E-state index is -0.470. The van der Waals surface area contributed by atoms with Gasteiger partial charge in [0.05, 0.1) is 15.6 Å². The normalized spacial score (nSPS) is 15.2. The van der Waals surface area contributed by atoms with Crippen molar-refractivity contribution in [3.63, 3.8) is 0 Å². The van der Waals surface area contributed by atoms with Gasteiger partial charge in [-0.15, -0.1) is 0 Å². The van der Waals surface area contributed by atoms with Crippen molar-refractivity contribution >= 4 is 63.2 Å². The van der Waals surface area contributed by atoms with Gasteiger partial charge in [-0.05, 0) is 89.2 Å². The number of methoxy groups -OCH3 is 1. The summed E-state index contributed by atoms with van der Waals surface area (Å²) in [6.45, 7) is 3.49. The highest BCUT2D eigenvalue weighted by Crippen LogP contribution is 2.33. The van der Waals surface area contributed by atoms with Gasteiger partial charge in [-0.1, -0.05) is 18.2 Å². The molecule has 1 heterocycles. The molecule has 1 aliphatic heterocycles. The monoisotopic (exact) mass is 522 g/mol. The first-order valence-corrected chi connectivity index (χ1v) is 10.6. The standard InChI is InChI=1S/C21H19IN2O4S/c1-12-4-5-13(2)16(8-12)23-19(25)11-24-20(26)18(29-21(24)27)10-14-6-7-17(28-3)15(22)9-14/h4-10H,11H2,1-3H3,(H,23,25)/b18-10-. The topological polar surface area (TPSA) is 75.7 Å². The quantitative estimate of drug-likeness (QED) is 0.460. The predicted octanol–water partition coefficient (Wildman–Crippen LogP) is 4.59. The average Bonchev–Trinajstić information content (AvgIpc) is 2.92. The summed E-state index contributed by atoms with van der Waals surface area (Å²) < 4.78 is 6.12. The number of nitrogens with zero attached hydrogens (tertiary/aromatic N) is 1. The van der Waals surface area contributed by atoms with Crippen LogP contribution >= 0.6 is 34.4 Å². The van der Waals surface area contributed by atoms with Gasteiger partial charge in [0, 0.05) is 5.69 Å². The van der Waals surface area contributed by atoms with Crippen molar-refractivity contribution in [2.24, 2.45) is 0 Å². The Hall–Kier alpha value is -2.33. The summed E-state index contributed by atoms with van der Waals surface area (Å²) in [6, 6.07) is 11.2. The Morgan fingerprint density at radius 1 is 1.21 bits per heavy atom. The molecule has 150 valence electrons. The number of halogens is 1. The molecule has 0 saturated carbocycles. The number of nitrogens with one attached hydrogen (secondary N) is 1. The molecule has 0 radical (unpaired) electrons. The molecule has 3 amide bonds. The van der Waals surface area contributed by atoms with E-state index in [1.54, 1.807) is 19.3 Å². The third-order valence-electron chi connectivity index (χ3n) is 4.32. The van der Waals surface area contributed by atoms with Gasteiger partial charge in [0.15, 0.2) is 0 Å². The molecule has 2 aromatic carbocycles. The van der Waals surface area contributed by atoms with E-state index in [2.05, 4.69) is 27.9 Å².